The Bertz CT molecular complexity index is 1030. The maximum Gasteiger partial charge on any atom is 0.254 e. The molecule has 2 aromatic rings. The smallest absolute Gasteiger partial charge is 0.254 e. The molecule has 0 bridgehead atoms. The predicted molar refractivity (Wildman–Crippen MR) is 134 cm³/mol. The van der Waals surface area contributed by atoms with Crippen LogP contribution < -0.4 is 14.8 Å². The molecule has 1 aliphatic carbocycles. The van der Waals surface area contributed by atoms with Crippen LogP contribution in [0.15, 0.2) is 48.5 Å². The Hall–Kier alpha value is -3.41. The number of carbonyl (C=O) groups excluding carboxylic acids is 1. The van der Waals surface area contributed by atoms with Crippen LogP contribution in [0.2, 0.25) is 0 Å². The second-order valence-electron chi connectivity index (χ2n) is 8.22. The molecule has 0 aromatic heterocycles. The van der Waals surface area contributed by atoms with Crippen LogP contribution in [0.4, 0.5) is 0 Å². The van der Waals surface area contributed by atoms with Gasteiger partial charge in [0, 0.05) is 18.4 Å². The molecule has 0 saturated heterocycles. The maximum atomic E-state index is 13.3. The summed E-state index contributed by atoms with van der Waals surface area (Å²) in [7, 11) is 1.64. The van der Waals surface area contributed by atoms with Gasteiger partial charge in [0.1, 0.15) is 13.2 Å². The highest BCUT2D eigenvalue weighted by molar-refractivity contribution is 5.82. The number of hydrogen-bond acceptors (Lipinski definition) is 4. The average molecular weight is 460 g/mol. The summed E-state index contributed by atoms with van der Waals surface area (Å²) in [5.74, 6) is 9.79. The molecule has 0 aliphatic heterocycles. The topological polar surface area (TPSA) is 56.8 Å². The Balaban J connectivity index is 1.77. The summed E-state index contributed by atoms with van der Waals surface area (Å²) >= 11 is 0. The fourth-order valence-corrected chi connectivity index (χ4v) is 4.37. The molecule has 3 rings (SSSR count). The molecule has 178 valence electrons. The van der Waals surface area contributed by atoms with Gasteiger partial charge < -0.3 is 19.5 Å². The van der Waals surface area contributed by atoms with E-state index in [2.05, 4.69) is 29.1 Å². The van der Waals surface area contributed by atoms with Crippen molar-refractivity contribution in [2.45, 2.75) is 57.1 Å². The number of ether oxygens (including phenoxy) is 3. The third-order valence-electron chi connectivity index (χ3n) is 5.98. The van der Waals surface area contributed by atoms with Crippen LogP contribution >= 0.6 is 0 Å². The van der Waals surface area contributed by atoms with Crippen molar-refractivity contribution in [1.82, 2.24) is 5.32 Å². The zero-order valence-electron chi connectivity index (χ0n) is 20.0. The molecule has 1 amide bonds. The molecule has 1 aliphatic rings. The fourth-order valence-electron chi connectivity index (χ4n) is 4.37. The van der Waals surface area contributed by atoms with Gasteiger partial charge in [-0.25, -0.2) is 0 Å². The number of terminal acetylenes is 1. The molecule has 2 aromatic carbocycles. The molecule has 5 heteroatoms. The van der Waals surface area contributed by atoms with E-state index in [9.17, 15) is 4.79 Å². The molecular formula is C29H33NO4. The molecule has 1 saturated carbocycles. The Labute approximate surface area is 203 Å². The summed E-state index contributed by atoms with van der Waals surface area (Å²) in [6.07, 6.45) is 9.51. The van der Waals surface area contributed by atoms with Gasteiger partial charge in [-0.05, 0) is 36.1 Å². The van der Waals surface area contributed by atoms with Gasteiger partial charge in [0.15, 0.2) is 17.6 Å². The number of amides is 1. The Morgan fingerprint density at radius 2 is 1.88 bits per heavy atom. The zero-order chi connectivity index (χ0) is 24.2. The highest BCUT2D eigenvalue weighted by atomic mass is 16.5. The van der Waals surface area contributed by atoms with Crippen LogP contribution in [0.1, 0.15) is 62.2 Å². The van der Waals surface area contributed by atoms with Crippen LogP contribution in [-0.4, -0.2) is 32.3 Å². The highest BCUT2D eigenvalue weighted by Gasteiger charge is 2.31. The van der Waals surface area contributed by atoms with E-state index in [1.165, 1.54) is 0 Å². The minimum absolute atomic E-state index is 0.00575. The standard InChI is InChI=1S/C29H33NO4/c1-4-6-12-20-33-26-18-17-23(21-27(26)32-3)24-15-10-11-16-25(24)30-29(31)28(34-19-5-2)22-13-8-7-9-14-22/h2,7-9,13-14,17-18,21,24-25,28H,4,10-11,15-16,19-20H2,1,3H3,(H,30,31)/t24-,25+,28?/m1/s1. The summed E-state index contributed by atoms with van der Waals surface area (Å²) in [4.78, 5) is 13.3. The van der Waals surface area contributed by atoms with Crippen molar-refractivity contribution in [3.05, 3.63) is 59.7 Å². The predicted octanol–water partition coefficient (Wildman–Crippen LogP) is 5.02. The van der Waals surface area contributed by atoms with E-state index in [0.717, 1.165) is 43.2 Å². The van der Waals surface area contributed by atoms with Gasteiger partial charge in [-0.15, -0.1) is 12.3 Å². The molecule has 1 unspecified atom stereocenters. The van der Waals surface area contributed by atoms with Gasteiger partial charge in [0.25, 0.3) is 5.91 Å². The van der Waals surface area contributed by atoms with E-state index < -0.39 is 6.10 Å². The minimum atomic E-state index is -0.741. The summed E-state index contributed by atoms with van der Waals surface area (Å²) in [5, 5.41) is 3.25. The van der Waals surface area contributed by atoms with Gasteiger partial charge in [-0.3, -0.25) is 4.79 Å². The lowest BCUT2D eigenvalue weighted by atomic mass is 9.79. The van der Waals surface area contributed by atoms with E-state index in [4.69, 9.17) is 20.6 Å². The van der Waals surface area contributed by atoms with Crippen LogP contribution in [0.3, 0.4) is 0 Å². The van der Waals surface area contributed by atoms with Crippen molar-refractivity contribution in [1.29, 1.82) is 0 Å². The first-order valence-electron chi connectivity index (χ1n) is 11.8. The monoisotopic (exact) mass is 459 g/mol. The number of benzene rings is 2. The quantitative estimate of drug-likeness (QED) is 0.535. The minimum Gasteiger partial charge on any atom is -0.493 e. The largest absolute Gasteiger partial charge is 0.493 e. The summed E-state index contributed by atoms with van der Waals surface area (Å²) in [6.45, 7) is 2.40. The Kier molecular flexibility index (Phi) is 9.89. The normalized spacial score (nSPS) is 18.0. The number of carbonyl (C=O) groups is 1. The average Bonchev–Trinajstić information content (AvgIpc) is 2.88. The second kappa shape index (κ2) is 13.3. The van der Waals surface area contributed by atoms with E-state index >= 15 is 0 Å². The van der Waals surface area contributed by atoms with E-state index in [-0.39, 0.29) is 24.5 Å². The fraction of sp³-hybridized carbons (Fsp3) is 0.414. The number of rotatable bonds is 9. The lowest BCUT2D eigenvalue weighted by Crippen LogP contribution is -2.43. The first kappa shape index (κ1) is 25.2. The maximum absolute atomic E-state index is 13.3. The molecule has 3 atom stereocenters. The molecular weight excluding hydrogens is 426 g/mol. The zero-order valence-corrected chi connectivity index (χ0v) is 20.0. The first-order valence-corrected chi connectivity index (χ1v) is 11.8. The van der Waals surface area contributed by atoms with E-state index in [1.807, 2.05) is 49.4 Å². The lowest BCUT2D eigenvalue weighted by Gasteiger charge is -2.34. The van der Waals surface area contributed by atoms with Crippen LogP contribution in [-0.2, 0) is 9.53 Å². The van der Waals surface area contributed by atoms with Crippen LogP contribution in [0, 0.1) is 24.2 Å². The third kappa shape index (κ3) is 6.80. The molecule has 0 spiro atoms. The van der Waals surface area contributed by atoms with E-state index in [1.54, 1.807) is 7.11 Å². The van der Waals surface area contributed by atoms with Gasteiger partial charge in [0.05, 0.1) is 7.11 Å². The van der Waals surface area contributed by atoms with Crippen molar-refractivity contribution >= 4 is 5.91 Å². The molecule has 1 N–H and O–H groups in total. The lowest BCUT2D eigenvalue weighted by molar-refractivity contribution is -0.133. The molecule has 1 fully saturated rings. The molecule has 0 heterocycles. The highest BCUT2D eigenvalue weighted by Crippen LogP contribution is 2.38. The van der Waals surface area contributed by atoms with Gasteiger partial charge in [-0.1, -0.05) is 68.0 Å². The molecule has 5 nitrogen and oxygen atoms in total. The Morgan fingerprint density at radius 1 is 1.09 bits per heavy atom. The first-order chi connectivity index (χ1) is 16.7. The summed E-state index contributed by atoms with van der Waals surface area (Å²) < 4.78 is 17.1. The van der Waals surface area contributed by atoms with Crippen molar-refractivity contribution in [3.8, 4) is 35.7 Å². The van der Waals surface area contributed by atoms with Crippen molar-refractivity contribution < 1.29 is 19.0 Å². The van der Waals surface area contributed by atoms with E-state index in [0.29, 0.717) is 18.1 Å². The summed E-state index contributed by atoms with van der Waals surface area (Å²) in [5.41, 5.74) is 1.91. The Morgan fingerprint density at radius 3 is 2.62 bits per heavy atom. The molecule has 34 heavy (non-hydrogen) atoms. The van der Waals surface area contributed by atoms with Crippen LogP contribution in [0.5, 0.6) is 11.5 Å². The van der Waals surface area contributed by atoms with Gasteiger partial charge >= 0.3 is 0 Å². The van der Waals surface area contributed by atoms with Gasteiger partial charge in [0.2, 0.25) is 0 Å². The second-order valence-corrected chi connectivity index (χ2v) is 8.22. The van der Waals surface area contributed by atoms with Crippen molar-refractivity contribution in [3.63, 3.8) is 0 Å². The molecule has 0 radical (unpaired) electrons. The van der Waals surface area contributed by atoms with Crippen molar-refractivity contribution in [2.24, 2.45) is 0 Å². The SMILES string of the molecule is C#CCOC(C(=O)N[C@H]1CCCC[C@@H]1c1ccc(OCC#CCC)c(OC)c1)c1ccccc1. The van der Waals surface area contributed by atoms with Crippen molar-refractivity contribution in [2.75, 3.05) is 20.3 Å². The number of hydrogen-bond donors (Lipinski definition) is 1. The summed E-state index contributed by atoms with van der Waals surface area (Å²) in [6, 6.07) is 15.5. The van der Waals surface area contributed by atoms with Gasteiger partial charge in [-0.2, -0.15) is 0 Å². The van der Waals surface area contributed by atoms with Crippen LogP contribution in [0.25, 0.3) is 0 Å². The number of methoxy groups -OCH3 is 1. The number of nitrogens with one attached hydrogen (secondary N) is 1. The third-order valence-corrected chi connectivity index (χ3v) is 5.98.